The third-order valence-electron chi connectivity index (χ3n) is 3.30. The van der Waals surface area contributed by atoms with Crippen LogP contribution < -0.4 is 11.1 Å². The highest BCUT2D eigenvalue weighted by Crippen LogP contribution is 2.37. The number of anilines is 1. The summed E-state index contributed by atoms with van der Waals surface area (Å²) >= 11 is 7.85. The van der Waals surface area contributed by atoms with E-state index in [4.69, 9.17) is 17.3 Å². The summed E-state index contributed by atoms with van der Waals surface area (Å²) in [4.78, 5) is 0. The first-order chi connectivity index (χ1) is 7.66. The van der Waals surface area contributed by atoms with Crippen molar-refractivity contribution in [2.75, 3.05) is 17.6 Å². The van der Waals surface area contributed by atoms with Gasteiger partial charge in [0.25, 0.3) is 0 Å². The van der Waals surface area contributed by atoms with Gasteiger partial charge in [-0.1, -0.05) is 18.5 Å². The molecule has 1 aromatic rings. The van der Waals surface area contributed by atoms with E-state index in [0.717, 1.165) is 17.1 Å². The number of benzene rings is 1. The average Bonchev–Trinajstić information content (AvgIpc) is 2.64. The van der Waals surface area contributed by atoms with Crippen molar-refractivity contribution in [2.45, 2.75) is 24.1 Å². The maximum absolute atomic E-state index is 5.94. The van der Waals surface area contributed by atoms with E-state index in [1.807, 2.05) is 36.0 Å². The smallest absolute Gasteiger partial charge is 0.0619 e. The Bertz CT molecular complexity index is 355. The zero-order valence-corrected chi connectivity index (χ0v) is 10.9. The summed E-state index contributed by atoms with van der Waals surface area (Å²) in [5, 5.41) is 4.89. The van der Waals surface area contributed by atoms with Crippen LogP contribution >= 0.6 is 23.4 Å². The number of nitrogens with two attached hydrogens (primary N) is 1. The molecule has 1 aliphatic heterocycles. The molecule has 4 heteroatoms. The number of nitrogens with one attached hydrogen (secondary N) is 1. The minimum Gasteiger partial charge on any atom is -0.377 e. The SMILES string of the molecule is CC1SCCC1(CN)Nc1ccc(Cl)cc1. The van der Waals surface area contributed by atoms with Crippen LogP contribution in [0.4, 0.5) is 5.69 Å². The van der Waals surface area contributed by atoms with Gasteiger partial charge in [0.2, 0.25) is 0 Å². The highest BCUT2D eigenvalue weighted by Gasteiger charge is 2.39. The molecule has 0 spiro atoms. The van der Waals surface area contributed by atoms with E-state index in [-0.39, 0.29) is 5.54 Å². The molecule has 2 rings (SSSR count). The fourth-order valence-corrected chi connectivity index (χ4v) is 3.64. The second kappa shape index (κ2) is 4.86. The number of rotatable bonds is 3. The second-order valence-corrected chi connectivity index (χ2v) is 6.14. The summed E-state index contributed by atoms with van der Waals surface area (Å²) in [5.74, 6) is 1.18. The van der Waals surface area contributed by atoms with Gasteiger partial charge in [0.1, 0.15) is 0 Å². The zero-order chi connectivity index (χ0) is 11.6. The number of hydrogen-bond acceptors (Lipinski definition) is 3. The van der Waals surface area contributed by atoms with Gasteiger partial charge in [-0.3, -0.25) is 0 Å². The number of hydrogen-bond donors (Lipinski definition) is 2. The highest BCUT2D eigenvalue weighted by molar-refractivity contribution is 8.00. The molecular formula is C12H17ClN2S. The molecule has 2 atom stereocenters. The fourth-order valence-electron chi connectivity index (χ4n) is 2.08. The van der Waals surface area contributed by atoms with Crippen LogP contribution in [0.5, 0.6) is 0 Å². The molecule has 0 aromatic heterocycles. The van der Waals surface area contributed by atoms with Gasteiger partial charge in [-0.15, -0.1) is 0 Å². The lowest BCUT2D eigenvalue weighted by molar-refractivity contribution is 0.480. The number of thioether (sulfide) groups is 1. The Morgan fingerprint density at radius 2 is 2.19 bits per heavy atom. The highest BCUT2D eigenvalue weighted by atomic mass is 35.5. The van der Waals surface area contributed by atoms with Crippen LogP contribution in [-0.2, 0) is 0 Å². The van der Waals surface area contributed by atoms with Gasteiger partial charge in [0, 0.05) is 22.5 Å². The van der Waals surface area contributed by atoms with Gasteiger partial charge < -0.3 is 11.1 Å². The van der Waals surface area contributed by atoms with Crippen molar-refractivity contribution in [3.63, 3.8) is 0 Å². The van der Waals surface area contributed by atoms with Gasteiger partial charge in [-0.25, -0.2) is 0 Å². The van der Waals surface area contributed by atoms with E-state index in [1.165, 1.54) is 5.75 Å². The molecule has 1 heterocycles. The Labute approximate surface area is 106 Å². The Morgan fingerprint density at radius 1 is 1.50 bits per heavy atom. The van der Waals surface area contributed by atoms with Crippen LogP contribution in [0.2, 0.25) is 5.02 Å². The van der Waals surface area contributed by atoms with Crippen molar-refractivity contribution in [2.24, 2.45) is 5.73 Å². The van der Waals surface area contributed by atoms with E-state index in [0.29, 0.717) is 11.8 Å². The van der Waals surface area contributed by atoms with Crippen LogP contribution in [-0.4, -0.2) is 23.1 Å². The quantitative estimate of drug-likeness (QED) is 0.873. The monoisotopic (exact) mass is 256 g/mol. The summed E-state index contributed by atoms with van der Waals surface area (Å²) in [5.41, 5.74) is 7.08. The second-order valence-electron chi connectivity index (χ2n) is 4.26. The normalized spacial score (nSPS) is 29.3. The third kappa shape index (κ3) is 2.31. The zero-order valence-electron chi connectivity index (χ0n) is 9.37. The maximum Gasteiger partial charge on any atom is 0.0619 e. The first-order valence-corrected chi connectivity index (χ1v) is 6.94. The minimum atomic E-state index is 0.0402. The Hall–Kier alpha value is -0.380. The van der Waals surface area contributed by atoms with E-state index in [9.17, 15) is 0 Å². The van der Waals surface area contributed by atoms with Crippen LogP contribution in [0, 0.1) is 0 Å². The Kier molecular flexibility index (Phi) is 3.67. The van der Waals surface area contributed by atoms with E-state index < -0.39 is 0 Å². The molecule has 0 aliphatic carbocycles. The van der Waals surface area contributed by atoms with Crippen molar-refractivity contribution < 1.29 is 0 Å². The molecule has 1 aromatic carbocycles. The summed E-state index contributed by atoms with van der Waals surface area (Å²) in [6, 6.07) is 7.83. The fraction of sp³-hybridized carbons (Fsp3) is 0.500. The molecule has 2 nitrogen and oxygen atoms in total. The Balaban J connectivity index is 2.15. The van der Waals surface area contributed by atoms with Crippen molar-refractivity contribution in [1.29, 1.82) is 0 Å². The van der Waals surface area contributed by atoms with Crippen molar-refractivity contribution in [1.82, 2.24) is 0 Å². The predicted octanol–water partition coefficient (Wildman–Crippen LogP) is 2.97. The summed E-state index contributed by atoms with van der Waals surface area (Å²) in [6.07, 6.45) is 1.12. The minimum absolute atomic E-state index is 0.0402. The van der Waals surface area contributed by atoms with Gasteiger partial charge in [-0.2, -0.15) is 11.8 Å². The first-order valence-electron chi connectivity index (χ1n) is 5.52. The van der Waals surface area contributed by atoms with Gasteiger partial charge >= 0.3 is 0 Å². The maximum atomic E-state index is 5.94. The van der Waals surface area contributed by atoms with Crippen LogP contribution in [0.1, 0.15) is 13.3 Å². The summed E-state index contributed by atoms with van der Waals surface area (Å²) in [7, 11) is 0. The summed E-state index contributed by atoms with van der Waals surface area (Å²) in [6.45, 7) is 2.91. The van der Waals surface area contributed by atoms with Crippen LogP contribution in [0.15, 0.2) is 24.3 Å². The van der Waals surface area contributed by atoms with Crippen molar-refractivity contribution >= 4 is 29.1 Å². The molecule has 0 saturated carbocycles. The molecule has 1 fully saturated rings. The molecule has 0 radical (unpaired) electrons. The van der Waals surface area contributed by atoms with E-state index in [1.54, 1.807) is 0 Å². The van der Waals surface area contributed by atoms with E-state index in [2.05, 4.69) is 12.2 Å². The molecule has 1 saturated heterocycles. The molecule has 3 N–H and O–H groups in total. The molecule has 2 unspecified atom stereocenters. The number of halogens is 1. The predicted molar refractivity (Wildman–Crippen MR) is 73.4 cm³/mol. The molecule has 16 heavy (non-hydrogen) atoms. The molecule has 88 valence electrons. The average molecular weight is 257 g/mol. The molecule has 0 amide bonds. The first kappa shape index (κ1) is 12.1. The lowest BCUT2D eigenvalue weighted by atomic mass is 9.92. The lowest BCUT2D eigenvalue weighted by Crippen LogP contribution is -2.49. The standard InChI is InChI=1S/C12H17ClN2S/c1-9-12(8-14,6-7-16-9)15-11-4-2-10(13)3-5-11/h2-5,9,15H,6-8,14H2,1H3. The van der Waals surface area contributed by atoms with Crippen molar-refractivity contribution in [3.05, 3.63) is 29.3 Å². The lowest BCUT2D eigenvalue weighted by Gasteiger charge is -2.34. The van der Waals surface area contributed by atoms with Gasteiger partial charge in [0.15, 0.2) is 0 Å². The largest absolute Gasteiger partial charge is 0.377 e. The molecule has 0 bridgehead atoms. The van der Waals surface area contributed by atoms with E-state index >= 15 is 0 Å². The van der Waals surface area contributed by atoms with Crippen LogP contribution in [0.25, 0.3) is 0 Å². The summed E-state index contributed by atoms with van der Waals surface area (Å²) < 4.78 is 0. The van der Waals surface area contributed by atoms with Gasteiger partial charge in [-0.05, 0) is 36.4 Å². The third-order valence-corrected chi connectivity index (χ3v) is 4.94. The van der Waals surface area contributed by atoms with Crippen molar-refractivity contribution in [3.8, 4) is 0 Å². The van der Waals surface area contributed by atoms with Crippen LogP contribution in [0.3, 0.4) is 0 Å². The molecular weight excluding hydrogens is 240 g/mol. The Morgan fingerprint density at radius 3 is 2.69 bits per heavy atom. The molecule has 1 aliphatic rings. The topological polar surface area (TPSA) is 38.0 Å². The van der Waals surface area contributed by atoms with Gasteiger partial charge in [0.05, 0.1) is 5.54 Å².